The molecule has 0 saturated carbocycles. The summed E-state index contributed by atoms with van der Waals surface area (Å²) in [5.74, 6) is -0.720. The van der Waals surface area contributed by atoms with Crippen LogP contribution in [-0.4, -0.2) is 31.6 Å². The monoisotopic (exact) mass is 367 g/mol. The highest BCUT2D eigenvalue weighted by molar-refractivity contribution is 9.10. The number of aromatic nitrogens is 1. The van der Waals surface area contributed by atoms with Crippen LogP contribution in [0.15, 0.2) is 16.9 Å². The van der Waals surface area contributed by atoms with Gasteiger partial charge in [0.2, 0.25) is 15.9 Å². The van der Waals surface area contributed by atoms with Crippen molar-refractivity contribution in [2.75, 3.05) is 17.2 Å². The fourth-order valence-corrected chi connectivity index (χ4v) is 3.45. The number of hydrogen-bond acceptors (Lipinski definition) is 4. The Bertz CT molecular complexity index is 622. The Morgan fingerprint density at radius 3 is 2.84 bits per heavy atom. The molecule has 1 atom stereocenters. The molecule has 2 heterocycles. The Morgan fingerprint density at radius 1 is 1.53 bits per heavy atom. The Balaban J connectivity index is 2.23. The number of carbonyl (C=O) groups is 1. The van der Waals surface area contributed by atoms with Gasteiger partial charge in [0.15, 0.2) is 0 Å². The number of nitrogens with two attached hydrogens (primary N) is 1. The Hall–Kier alpha value is -0.700. The number of amides is 1. The molecule has 0 aromatic carbocycles. The van der Waals surface area contributed by atoms with Gasteiger partial charge in [-0.2, -0.15) is 0 Å². The van der Waals surface area contributed by atoms with Crippen LogP contribution in [0, 0.1) is 5.92 Å². The lowest BCUT2D eigenvalue weighted by Gasteiger charge is -2.18. The number of pyridine rings is 1. The van der Waals surface area contributed by atoms with E-state index in [0.717, 1.165) is 0 Å². The minimum Gasteiger partial charge on any atom is -0.309 e. The molecule has 1 aromatic rings. The van der Waals surface area contributed by atoms with Gasteiger partial charge >= 0.3 is 0 Å². The number of primary sulfonamides is 1. The summed E-state index contributed by atoms with van der Waals surface area (Å²) >= 11 is 9.32. The van der Waals surface area contributed by atoms with Crippen molar-refractivity contribution in [1.29, 1.82) is 0 Å². The van der Waals surface area contributed by atoms with Gasteiger partial charge in [0.25, 0.3) is 0 Å². The summed E-state index contributed by atoms with van der Waals surface area (Å²) in [4.78, 5) is 17.3. The first-order chi connectivity index (χ1) is 8.78. The van der Waals surface area contributed by atoms with Crippen LogP contribution in [-0.2, 0) is 14.8 Å². The number of rotatable bonds is 3. The van der Waals surface area contributed by atoms with Crippen LogP contribution in [0.25, 0.3) is 0 Å². The first-order valence-corrected chi connectivity index (χ1v) is 8.26. The third kappa shape index (κ3) is 3.44. The largest absolute Gasteiger partial charge is 0.309 e. The van der Waals surface area contributed by atoms with E-state index < -0.39 is 10.0 Å². The van der Waals surface area contributed by atoms with Gasteiger partial charge < -0.3 is 4.90 Å². The quantitative estimate of drug-likeness (QED) is 0.865. The van der Waals surface area contributed by atoms with E-state index in [1.165, 1.54) is 17.3 Å². The molecule has 1 saturated heterocycles. The summed E-state index contributed by atoms with van der Waals surface area (Å²) in [6.45, 7) is 0.271. The van der Waals surface area contributed by atoms with Gasteiger partial charge in [-0.15, -0.1) is 0 Å². The topological polar surface area (TPSA) is 93.4 Å². The standard InChI is InChI=1S/C10H11BrClN3O3S/c11-7-2-14-3-8(10(7)12)15-4-6(1-9(15)16)5-19(13,17)18/h2-3,6H,1,4-5H2,(H2,13,17,18). The van der Waals surface area contributed by atoms with Gasteiger partial charge in [0, 0.05) is 25.1 Å². The highest BCUT2D eigenvalue weighted by atomic mass is 79.9. The van der Waals surface area contributed by atoms with Gasteiger partial charge in [0.1, 0.15) is 0 Å². The van der Waals surface area contributed by atoms with Crippen LogP contribution in [0.4, 0.5) is 5.69 Å². The van der Waals surface area contributed by atoms with Gasteiger partial charge in [-0.05, 0) is 15.9 Å². The molecule has 0 radical (unpaired) electrons. The van der Waals surface area contributed by atoms with E-state index in [0.29, 0.717) is 15.2 Å². The van der Waals surface area contributed by atoms with Crippen molar-refractivity contribution in [3.05, 3.63) is 21.9 Å². The predicted molar refractivity (Wildman–Crippen MR) is 75.4 cm³/mol. The van der Waals surface area contributed by atoms with Crippen LogP contribution in [0.5, 0.6) is 0 Å². The van der Waals surface area contributed by atoms with Crippen LogP contribution in [0.2, 0.25) is 5.02 Å². The van der Waals surface area contributed by atoms with E-state index in [1.54, 1.807) is 0 Å². The number of anilines is 1. The van der Waals surface area contributed by atoms with E-state index >= 15 is 0 Å². The highest BCUT2D eigenvalue weighted by Gasteiger charge is 2.34. The number of hydrogen-bond donors (Lipinski definition) is 1. The van der Waals surface area contributed by atoms with E-state index in [9.17, 15) is 13.2 Å². The normalized spacial score (nSPS) is 20.1. The molecule has 1 fully saturated rings. The predicted octanol–water partition coefficient (Wildman–Crippen LogP) is 1.14. The third-order valence-corrected chi connectivity index (χ3v) is 4.95. The maximum absolute atomic E-state index is 11.9. The van der Waals surface area contributed by atoms with E-state index in [1.807, 2.05) is 0 Å². The molecule has 2 N–H and O–H groups in total. The molecule has 1 aromatic heterocycles. The maximum Gasteiger partial charge on any atom is 0.227 e. The molecule has 0 spiro atoms. The molecule has 1 aliphatic rings. The summed E-state index contributed by atoms with van der Waals surface area (Å²) in [6, 6.07) is 0. The average Bonchev–Trinajstić information content (AvgIpc) is 2.61. The van der Waals surface area contributed by atoms with Crippen molar-refractivity contribution in [2.24, 2.45) is 11.1 Å². The van der Waals surface area contributed by atoms with Gasteiger partial charge in [-0.25, -0.2) is 13.6 Å². The molecule has 1 unspecified atom stereocenters. The van der Waals surface area contributed by atoms with E-state index in [2.05, 4.69) is 20.9 Å². The first-order valence-electron chi connectivity index (χ1n) is 5.38. The van der Waals surface area contributed by atoms with Crippen LogP contribution < -0.4 is 10.0 Å². The second-order valence-electron chi connectivity index (χ2n) is 4.36. The van der Waals surface area contributed by atoms with Crippen molar-refractivity contribution >= 4 is 49.1 Å². The van der Waals surface area contributed by atoms with Crippen LogP contribution in [0.1, 0.15) is 6.42 Å². The van der Waals surface area contributed by atoms with E-state index in [4.69, 9.17) is 16.7 Å². The molecule has 6 nitrogen and oxygen atoms in total. The smallest absolute Gasteiger partial charge is 0.227 e. The highest BCUT2D eigenvalue weighted by Crippen LogP contribution is 2.35. The van der Waals surface area contributed by atoms with Crippen molar-refractivity contribution < 1.29 is 13.2 Å². The molecule has 0 aliphatic carbocycles. The number of halogens is 2. The third-order valence-electron chi connectivity index (χ3n) is 2.78. The van der Waals surface area contributed by atoms with Crippen molar-refractivity contribution in [2.45, 2.75) is 6.42 Å². The van der Waals surface area contributed by atoms with E-state index in [-0.39, 0.29) is 30.5 Å². The lowest BCUT2D eigenvalue weighted by Crippen LogP contribution is -2.27. The maximum atomic E-state index is 11.9. The van der Waals surface area contributed by atoms with Crippen LogP contribution >= 0.6 is 27.5 Å². The molecule has 1 amide bonds. The van der Waals surface area contributed by atoms with Gasteiger partial charge in [-0.3, -0.25) is 9.78 Å². The van der Waals surface area contributed by atoms with Gasteiger partial charge in [0.05, 0.1) is 27.1 Å². The summed E-state index contributed by atoms with van der Waals surface area (Å²) in [5, 5.41) is 5.37. The molecular formula is C10H11BrClN3O3S. The molecule has 2 rings (SSSR count). The molecule has 9 heteroatoms. The lowest BCUT2D eigenvalue weighted by atomic mass is 10.1. The Morgan fingerprint density at radius 2 is 2.21 bits per heavy atom. The number of carbonyl (C=O) groups excluding carboxylic acids is 1. The molecular weight excluding hydrogens is 358 g/mol. The Kier molecular flexibility index (Phi) is 4.14. The average molecular weight is 369 g/mol. The fourth-order valence-electron chi connectivity index (χ4n) is 2.05. The SMILES string of the molecule is NS(=O)(=O)CC1CC(=O)N(c2cncc(Br)c2Cl)C1. The Labute approximate surface area is 124 Å². The van der Waals surface area contributed by atoms with Gasteiger partial charge in [-0.1, -0.05) is 11.6 Å². The minimum absolute atomic E-state index is 0.138. The zero-order valence-corrected chi connectivity index (χ0v) is 12.9. The summed E-state index contributed by atoms with van der Waals surface area (Å²) in [7, 11) is -3.59. The van der Waals surface area contributed by atoms with Crippen molar-refractivity contribution in [3.8, 4) is 0 Å². The molecule has 19 heavy (non-hydrogen) atoms. The summed E-state index contributed by atoms with van der Waals surface area (Å²) in [5.41, 5.74) is 0.470. The minimum atomic E-state index is -3.59. The second kappa shape index (κ2) is 5.35. The zero-order valence-electron chi connectivity index (χ0n) is 9.71. The second-order valence-corrected chi connectivity index (χ2v) is 7.25. The summed E-state index contributed by atoms with van der Waals surface area (Å²) in [6.07, 6.45) is 3.14. The number of sulfonamides is 1. The van der Waals surface area contributed by atoms with Crippen LogP contribution in [0.3, 0.4) is 0 Å². The zero-order chi connectivity index (χ0) is 14.2. The summed E-state index contributed by atoms with van der Waals surface area (Å²) < 4.78 is 22.7. The number of nitrogens with zero attached hydrogens (tertiary/aromatic N) is 2. The fraction of sp³-hybridized carbons (Fsp3) is 0.400. The molecule has 0 bridgehead atoms. The van der Waals surface area contributed by atoms with Crippen molar-refractivity contribution in [1.82, 2.24) is 4.98 Å². The first kappa shape index (κ1) is 14.7. The van der Waals surface area contributed by atoms with Crippen molar-refractivity contribution in [3.63, 3.8) is 0 Å². The molecule has 104 valence electrons. The lowest BCUT2D eigenvalue weighted by molar-refractivity contribution is -0.117. The molecule has 1 aliphatic heterocycles.